The zero-order valence-electron chi connectivity index (χ0n) is 11.3. The molecule has 0 aromatic rings. The first-order chi connectivity index (χ1) is 8.12. The number of carbonyl (C=O) groups is 2. The Kier molecular flexibility index (Phi) is 6.90. The fraction of sp³-hybridized carbons (Fsp3) is 0.818. The number of carboxylic acids is 1. The highest BCUT2D eigenvalue weighted by Crippen LogP contribution is 2.10. The summed E-state index contributed by atoms with van der Waals surface area (Å²) < 4.78 is 11.0. The SMILES string of the molecule is CC(CS(C)=O)NC(=O)NC(C)(C)CCC(=O)O. The molecule has 0 rings (SSSR count). The van der Waals surface area contributed by atoms with Gasteiger partial charge in [-0.25, -0.2) is 4.79 Å². The summed E-state index contributed by atoms with van der Waals surface area (Å²) in [5.41, 5.74) is -0.590. The minimum Gasteiger partial charge on any atom is -0.481 e. The van der Waals surface area contributed by atoms with Crippen LogP contribution < -0.4 is 10.6 Å². The van der Waals surface area contributed by atoms with E-state index < -0.39 is 22.3 Å². The zero-order valence-corrected chi connectivity index (χ0v) is 12.1. The molecule has 0 saturated heterocycles. The maximum atomic E-state index is 11.6. The summed E-state index contributed by atoms with van der Waals surface area (Å²) in [6, 6.07) is -0.561. The van der Waals surface area contributed by atoms with Crippen LogP contribution in [0.3, 0.4) is 0 Å². The molecule has 0 aliphatic heterocycles. The molecule has 0 aromatic carbocycles. The van der Waals surface area contributed by atoms with Crippen molar-refractivity contribution < 1.29 is 18.9 Å². The monoisotopic (exact) mass is 278 g/mol. The summed E-state index contributed by atoms with van der Waals surface area (Å²) in [6.07, 6.45) is 1.93. The third-order valence-electron chi connectivity index (χ3n) is 2.28. The molecular formula is C11H22N2O4S. The second kappa shape index (κ2) is 7.35. The molecule has 2 amide bonds. The number of urea groups is 1. The van der Waals surface area contributed by atoms with E-state index >= 15 is 0 Å². The number of rotatable bonds is 7. The van der Waals surface area contributed by atoms with Crippen molar-refractivity contribution >= 4 is 22.8 Å². The molecule has 2 unspecified atom stereocenters. The van der Waals surface area contributed by atoms with E-state index in [1.165, 1.54) is 0 Å². The first kappa shape index (κ1) is 16.9. The van der Waals surface area contributed by atoms with Crippen molar-refractivity contribution in [3.05, 3.63) is 0 Å². The molecule has 0 spiro atoms. The fourth-order valence-corrected chi connectivity index (χ4v) is 2.23. The van der Waals surface area contributed by atoms with Gasteiger partial charge in [0.15, 0.2) is 0 Å². The average Bonchev–Trinajstić information content (AvgIpc) is 2.11. The van der Waals surface area contributed by atoms with Crippen LogP contribution in [-0.4, -0.2) is 44.9 Å². The molecule has 0 fully saturated rings. The van der Waals surface area contributed by atoms with Gasteiger partial charge in [-0.2, -0.15) is 0 Å². The second-order valence-electron chi connectivity index (χ2n) is 5.02. The number of carboxylic acid groups (broad SMARTS) is 1. The van der Waals surface area contributed by atoms with Crippen molar-refractivity contribution in [3.8, 4) is 0 Å². The van der Waals surface area contributed by atoms with Crippen LogP contribution >= 0.6 is 0 Å². The number of amides is 2. The lowest BCUT2D eigenvalue weighted by Crippen LogP contribution is -2.51. The summed E-state index contributed by atoms with van der Waals surface area (Å²) in [5.74, 6) is -0.497. The third-order valence-corrected chi connectivity index (χ3v) is 3.25. The lowest BCUT2D eigenvalue weighted by atomic mass is 9.99. The highest BCUT2D eigenvalue weighted by molar-refractivity contribution is 7.84. The Morgan fingerprint density at radius 2 is 1.94 bits per heavy atom. The molecule has 0 aromatic heterocycles. The largest absolute Gasteiger partial charge is 0.481 e. The maximum absolute atomic E-state index is 11.6. The van der Waals surface area contributed by atoms with Gasteiger partial charge in [-0.3, -0.25) is 9.00 Å². The maximum Gasteiger partial charge on any atom is 0.315 e. The number of carbonyl (C=O) groups excluding carboxylic acids is 1. The van der Waals surface area contributed by atoms with E-state index in [4.69, 9.17) is 5.11 Å². The molecule has 0 saturated carbocycles. The minimum absolute atomic E-state index is 0.00180. The molecule has 0 aliphatic carbocycles. The van der Waals surface area contributed by atoms with Gasteiger partial charge in [0.05, 0.1) is 0 Å². The topological polar surface area (TPSA) is 95.5 Å². The van der Waals surface area contributed by atoms with E-state index in [-0.39, 0.29) is 18.5 Å². The molecule has 2 atom stereocenters. The van der Waals surface area contributed by atoms with Crippen molar-refractivity contribution in [1.29, 1.82) is 0 Å². The Hall–Kier alpha value is -1.11. The minimum atomic E-state index is -0.965. The molecule has 106 valence electrons. The molecule has 0 heterocycles. The average molecular weight is 278 g/mol. The second-order valence-corrected chi connectivity index (χ2v) is 6.50. The quantitative estimate of drug-likeness (QED) is 0.638. The molecule has 6 nitrogen and oxygen atoms in total. The Balaban J connectivity index is 4.13. The summed E-state index contributed by atoms with van der Waals surface area (Å²) in [4.78, 5) is 22.1. The highest BCUT2D eigenvalue weighted by Gasteiger charge is 2.22. The van der Waals surface area contributed by atoms with Crippen LogP contribution in [0.4, 0.5) is 4.79 Å². The van der Waals surface area contributed by atoms with Gasteiger partial charge in [0.2, 0.25) is 0 Å². The van der Waals surface area contributed by atoms with Gasteiger partial charge in [-0.1, -0.05) is 0 Å². The lowest BCUT2D eigenvalue weighted by Gasteiger charge is -2.26. The van der Waals surface area contributed by atoms with Crippen LogP contribution in [0.15, 0.2) is 0 Å². The van der Waals surface area contributed by atoms with Gasteiger partial charge in [0.25, 0.3) is 0 Å². The molecule has 0 aliphatic rings. The van der Waals surface area contributed by atoms with Gasteiger partial charge in [-0.05, 0) is 27.2 Å². The third kappa shape index (κ3) is 8.98. The summed E-state index contributed by atoms with van der Waals surface area (Å²) in [7, 11) is -0.965. The van der Waals surface area contributed by atoms with E-state index in [2.05, 4.69) is 10.6 Å². The predicted octanol–water partition coefficient (Wildman–Crippen LogP) is 0.696. The number of hydrogen-bond donors (Lipinski definition) is 3. The van der Waals surface area contributed by atoms with Gasteiger partial charge in [0.1, 0.15) is 0 Å². The molecule has 18 heavy (non-hydrogen) atoms. The van der Waals surface area contributed by atoms with Crippen molar-refractivity contribution in [1.82, 2.24) is 10.6 Å². The van der Waals surface area contributed by atoms with E-state index in [1.54, 1.807) is 27.0 Å². The standard InChI is InChI=1S/C11H22N2O4S/c1-8(7-18(4)17)12-10(16)13-11(2,3)6-5-9(14)15/h8H,5-7H2,1-4H3,(H,14,15)(H2,12,13,16). The van der Waals surface area contributed by atoms with Crippen molar-refractivity contribution in [3.63, 3.8) is 0 Å². The Labute approximate surface area is 110 Å². The van der Waals surface area contributed by atoms with Gasteiger partial charge in [0, 0.05) is 40.8 Å². The van der Waals surface area contributed by atoms with Crippen molar-refractivity contribution in [2.24, 2.45) is 0 Å². The van der Waals surface area contributed by atoms with Crippen LogP contribution in [0.1, 0.15) is 33.6 Å². The Bertz CT molecular complexity index is 331. The van der Waals surface area contributed by atoms with Crippen LogP contribution in [0.5, 0.6) is 0 Å². The highest BCUT2D eigenvalue weighted by atomic mass is 32.2. The van der Waals surface area contributed by atoms with Crippen LogP contribution in [0, 0.1) is 0 Å². The van der Waals surface area contributed by atoms with E-state index in [9.17, 15) is 13.8 Å². The summed E-state index contributed by atoms with van der Waals surface area (Å²) in [5, 5.41) is 14.0. The predicted molar refractivity (Wildman–Crippen MR) is 71.0 cm³/mol. The van der Waals surface area contributed by atoms with Crippen LogP contribution in [0.2, 0.25) is 0 Å². The molecule has 0 radical (unpaired) electrons. The molecular weight excluding hydrogens is 256 g/mol. The Morgan fingerprint density at radius 3 is 2.39 bits per heavy atom. The van der Waals surface area contributed by atoms with Crippen molar-refractivity contribution in [2.45, 2.75) is 45.2 Å². The van der Waals surface area contributed by atoms with Crippen molar-refractivity contribution in [2.75, 3.05) is 12.0 Å². The van der Waals surface area contributed by atoms with E-state index in [1.807, 2.05) is 0 Å². The molecule has 7 heteroatoms. The van der Waals surface area contributed by atoms with Gasteiger partial charge >= 0.3 is 12.0 Å². The molecule has 0 bridgehead atoms. The fourth-order valence-electron chi connectivity index (χ4n) is 1.44. The summed E-state index contributed by atoms with van der Waals surface area (Å²) in [6.45, 7) is 5.29. The molecule has 3 N–H and O–H groups in total. The number of hydrogen-bond acceptors (Lipinski definition) is 3. The lowest BCUT2D eigenvalue weighted by molar-refractivity contribution is -0.137. The zero-order chi connectivity index (χ0) is 14.3. The summed E-state index contributed by atoms with van der Waals surface area (Å²) >= 11 is 0. The number of aliphatic carboxylic acids is 1. The number of nitrogens with one attached hydrogen (secondary N) is 2. The smallest absolute Gasteiger partial charge is 0.315 e. The van der Waals surface area contributed by atoms with Gasteiger partial charge in [-0.15, -0.1) is 0 Å². The normalized spacial score (nSPS) is 14.7. The van der Waals surface area contributed by atoms with Crippen LogP contribution in [0.25, 0.3) is 0 Å². The van der Waals surface area contributed by atoms with Gasteiger partial charge < -0.3 is 15.7 Å². The van der Waals surface area contributed by atoms with E-state index in [0.29, 0.717) is 12.2 Å². The van der Waals surface area contributed by atoms with E-state index in [0.717, 1.165) is 0 Å². The first-order valence-electron chi connectivity index (χ1n) is 5.73. The van der Waals surface area contributed by atoms with Crippen LogP contribution in [-0.2, 0) is 15.6 Å². The Morgan fingerprint density at radius 1 is 1.39 bits per heavy atom. The first-order valence-corrected chi connectivity index (χ1v) is 7.45.